The monoisotopic (exact) mass is 618 g/mol. The van der Waals surface area contributed by atoms with Gasteiger partial charge in [0, 0.05) is 22.8 Å². The Morgan fingerprint density at radius 2 is 1.58 bits per heavy atom. The van der Waals surface area contributed by atoms with Gasteiger partial charge in [0.05, 0.1) is 11.5 Å². The molecule has 2 N–H and O–H groups in total. The number of hydrogen-bond donors (Lipinski definition) is 2. The highest BCUT2D eigenvalue weighted by atomic mass is 16.6. The third kappa shape index (κ3) is 4.15. The molecule has 0 spiro atoms. The number of phenols is 1. The number of aliphatic hydroxyl groups is 1. The number of fused-ring (bicyclic) bond motifs is 5. The lowest BCUT2D eigenvalue weighted by atomic mass is 9.31. The van der Waals surface area contributed by atoms with Crippen LogP contribution in [0, 0.1) is 56.2 Å². The first-order valence-electron chi connectivity index (χ1n) is 17.6. The van der Waals surface area contributed by atoms with Gasteiger partial charge in [-0.05, 0) is 116 Å². The highest BCUT2D eigenvalue weighted by Crippen LogP contribution is 2.78. The smallest absolute Gasteiger partial charge is 0.331 e. The van der Waals surface area contributed by atoms with Gasteiger partial charge in [0.25, 0.3) is 0 Å². The van der Waals surface area contributed by atoms with Crippen molar-refractivity contribution in [1.82, 2.24) is 0 Å². The van der Waals surface area contributed by atoms with Crippen LogP contribution >= 0.6 is 0 Å². The minimum atomic E-state index is -0.740. The van der Waals surface area contributed by atoms with E-state index in [1.807, 2.05) is 0 Å². The lowest BCUT2D eigenvalue weighted by Crippen LogP contribution is -2.69. The zero-order valence-electron chi connectivity index (χ0n) is 28.4. The average molecular weight is 619 g/mol. The SMILES string of the molecule is CC1(C)CC[C@]23CC[C@]4(C)[C@@H](CC[C@@H]5[C@@]6(C)C[C@H](O)[C@@H](OC(=O)/C=C\c7ccc(O)cc7)C(C)(C)[C@H]6CC[C@]54C)[C@H]2[C@H]1OC3=O. The van der Waals surface area contributed by atoms with Gasteiger partial charge in [0.2, 0.25) is 0 Å². The molecule has 7 rings (SSSR count). The van der Waals surface area contributed by atoms with Crippen molar-refractivity contribution in [3.63, 3.8) is 0 Å². The predicted octanol–water partition coefficient (Wildman–Crippen LogP) is 7.70. The van der Waals surface area contributed by atoms with E-state index in [9.17, 15) is 19.8 Å². The number of carbonyl (C=O) groups is 2. The lowest BCUT2D eigenvalue weighted by molar-refractivity contribution is -0.268. The molecule has 246 valence electrons. The molecule has 5 aliphatic carbocycles. The van der Waals surface area contributed by atoms with Gasteiger partial charge in [-0.1, -0.05) is 60.6 Å². The summed E-state index contributed by atoms with van der Waals surface area (Å²) < 4.78 is 12.4. The van der Waals surface area contributed by atoms with Crippen molar-refractivity contribution in [2.75, 3.05) is 0 Å². The van der Waals surface area contributed by atoms with E-state index in [-0.39, 0.29) is 44.9 Å². The Balaban J connectivity index is 1.15. The molecule has 45 heavy (non-hydrogen) atoms. The number of ether oxygens (including phenoxy) is 2. The van der Waals surface area contributed by atoms with Crippen molar-refractivity contribution in [3.05, 3.63) is 35.9 Å². The molecule has 0 amide bonds. The third-order valence-electron chi connectivity index (χ3n) is 15.5. The minimum Gasteiger partial charge on any atom is -0.508 e. The quantitative estimate of drug-likeness (QED) is 0.266. The van der Waals surface area contributed by atoms with Crippen LogP contribution in [-0.2, 0) is 19.1 Å². The summed E-state index contributed by atoms with van der Waals surface area (Å²) in [7, 11) is 0. The first-order chi connectivity index (χ1) is 21.0. The fraction of sp³-hybridized carbons (Fsp3) is 0.744. The van der Waals surface area contributed by atoms with Crippen molar-refractivity contribution < 1.29 is 29.3 Å². The van der Waals surface area contributed by atoms with Gasteiger partial charge in [-0.25, -0.2) is 4.79 Å². The molecule has 1 aromatic carbocycles. The Labute approximate surface area is 269 Å². The summed E-state index contributed by atoms with van der Waals surface area (Å²) in [6.45, 7) is 16.6. The second-order valence-electron chi connectivity index (χ2n) is 18.0. The standard InChI is InChI=1S/C39H54O6/c1-34(2)18-20-39-21-19-37(6)25(30(39)32(34)45-33(39)43)13-14-28-36(5)22-26(41)31(35(3,4)27(36)16-17-38(28,37)7)44-29(42)15-10-23-8-11-24(40)12-9-23/h8-12,15,25-28,30-32,40-41H,13-14,16-22H2,1-7H3/b15-10-/t25-,26-,27+,28+,30-,31+,32+,36-,37+,38+,39-/m0/s1. The second kappa shape index (κ2) is 9.84. The van der Waals surface area contributed by atoms with Crippen molar-refractivity contribution in [2.24, 2.45) is 56.2 Å². The topological polar surface area (TPSA) is 93.1 Å². The number of benzene rings is 1. The Morgan fingerprint density at radius 1 is 0.889 bits per heavy atom. The van der Waals surface area contributed by atoms with Crippen LogP contribution in [-0.4, -0.2) is 40.5 Å². The molecule has 6 heteroatoms. The van der Waals surface area contributed by atoms with Gasteiger partial charge in [-0.2, -0.15) is 0 Å². The van der Waals surface area contributed by atoms with Crippen LogP contribution in [0.15, 0.2) is 30.3 Å². The normalized spacial score (nSPS) is 47.6. The third-order valence-corrected chi connectivity index (χ3v) is 15.5. The molecule has 1 aromatic rings. The maximum atomic E-state index is 13.5. The summed E-state index contributed by atoms with van der Waals surface area (Å²) in [5.74, 6) is 1.36. The van der Waals surface area contributed by atoms with E-state index < -0.39 is 23.6 Å². The molecule has 11 atom stereocenters. The number of hydrogen-bond acceptors (Lipinski definition) is 6. The van der Waals surface area contributed by atoms with Crippen LogP contribution in [0.2, 0.25) is 0 Å². The van der Waals surface area contributed by atoms with Crippen LogP contribution in [0.1, 0.15) is 112 Å². The molecule has 1 heterocycles. The number of esters is 2. The zero-order valence-corrected chi connectivity index (χ0v) is 28.4. The van der Waals surface area contributed by atoms with E-state index in [1.165, 1.54) is 6.08 Å². The van der Waals surface area contributed by atoms with E-state index in [0.29, 0.717) is 30.1 Å². The molecule has 6 fully saturated rings. The Hall–Kier alpha value is -2.34. The molecule has 0 aromatic heterocycles. The molecule has 5 saturated carbocycles. The summed E-state index contributed by atoms with van der Waals surface area (Å²) in [4.78, 5) is 26.6. The van der Waals surface area contributed by atoms with E-state index in [4.69, 9.17) is 9.47 Å². The Bertz CT molecular complexity index is 1410. The minimum absolute atomic E-state index is 0.0170. The molecule has 6 nitrogen and oxygen atoms in total. The lowest BCUT2D eigenvalue weighted by Gasteiger charge is -2.73. The van der Waals surface area contributed by atoms with Gasteiger partial charge in [-0.3, -0.25) is 4.79 Å². The molecular weight excluding hydrogens is 564 g/mol. The van der Waals surface area contributed by atoms with Crippen molar-refractivity contribution in [1.29, 1.82) is 0 Å². The summed E-state index contributed by atoms with van der Waals surface area (Å²) >= 11 is 0. The van der Waals surface area contributed by atoms with E-state index in [2.05, 4.69) is 48.5 Å². The van der Waals surface area contributed by atoms with Gasteiger partial charge in [-0.15, -0.1) is 0 Å². The molecule has 0 radical (unpaired) electrons. The molecule has 1 aliphatic heterocycles. The van der Waals surface area contributed by atoms with Crippen LogP contribution in [0.3, 0.4) is 0 Å². The number of rotatable bonds is 3. The van der Waals surface area contributed by atoms with Crippen molar-refractivity contribution in [2.45, 2.75) is 125 Å². The maximum absolute atomic E-state index is 13.5. The Kier molecular flexibility index (Phi) is 6.84. The Morgan fingerprint density at radius 3 is 2.29 bits per heavy atom. The summed E-state index contributed by atoms with van der Waals surface area (Å²) in [5, 5.41) is 21.3. The predicted molar refractivity (Wildman–Crippen MR) is 173 cm³/mol. The highest BCUT2D eigenvalue weighted by Gasteiger charge is 2.75. The summed E-state index contributed by atoms with van der Waals surface area (Å²) in [5.41, 5.74) is 0.256. The number of carbonyl (C=O) groups excluding carboxylic acids is 2. The molecule has 2 bridgehead atoms. The zero-order chi connectivity index (χ0) is 32.4. The summed E-state index contributed by atoms with van der Waals surface area (Å²) in [6, 6.07) is 6.66. The summed E-state index contributed by atoms with van der Waals surface area (Å²) in [6.07, 6.45) is 10.9. The molecule has 0 unspecified atom stereocenters. The van der Waals surface area contributed by atoms with Gasteiger partial charge in [0.1, 0.15) is 18.0 Å². The fourth-order valence-electron chi connectivity index (χ4n) is 13.1. The van der Waals surface area contributed by atoms with Crippen LogP contribution < -0.4 is 0 Å². The molecule has 1 saturated heterocycles. The van der Waals surface area contributed by atoms with Crippen molar-refractivity contribution in [3.8, 4) is 5.75 Å². The van der Waals surface area contributed by atoms with E-state index >= 15 is 0 Å². The maximum Gasteiger partial charge on any atom is 0.331 e. The average Bonchev–Trinajstić information content (AvgIpc) is 3.22. The van der Waals surface area contributed by atoms with E-state index in [1.54, 1.807) is 30.3 Å². The number of aliphatic hydroxyl groups excluding tert-OH is 1. The van der Waals surface area contributed by atoms with Crippen LogP contribution in [0.4, 0.5) is 0 Å². The van der Waals surface area contributed by atoms with Gasteiger partial charge < -0.3 is 19.7 Å². The number of aromatic hydroxyl groups is 1. The van der Waals surface area contributed by atoms with Crippen LogP contribution in [0.5, 0.6) is 5.75 Å². The number of phenolic OH excluding ortho intramolecular Hbond substituents is 1. The van der Waals surface area contributed by atoms with Crippen LogP contribution in [0.25, 0.3) is 6.08 Å². The first-order valence-corrected chi connectivity index (χ1v) is 17.6. The van der Waals surface area contributed by atoms with Gasteiger partial charge in [0.15, 0.2) is 0 Å². The second-order valence-corrected chi connectivity index (χ2v) is 18.0. The van der Waals surface area contributed by atoms with E-state index in [0.717, 1.165) is 56.9 Å². The van der Waals surface area contributed by atoms with Crippen molar-refractivity contribution >= 4 is 18.0 Å². The fourth-order valence-corrected chi connectivity index (χ4v) is 13.1. The highest BCUT2D eigenvalue weighted by molar-refractivity contribution is 5.87. The first kappa shape index (κ1) is 31.3. The van der Waals surface area contributed by atoms with Gasteiger partial charge >= 0.3 is 11.9 Å². The molecular formula is C39H54O6. The largest absolute Gasteiger partial charge is 0.508 e. The molecule has 6 aliphatic rings.